The molecule has 3 aliphatic heterocycles. The number of benzene rings is 1. The van der Waals surface area contributed by atoms with Crippen LogP contribution < -0.4 is 4.90 Å². The van der Waals surface area contributed by atoms with Gasteiger partial charge in [0, 0.05) is 18.1 Å². The molecule has 4 amide bonds. The molecule has 3 atom stereocenters. The minimum Gasteiger partial charge on any atom is -0.330 e. The number of nitriles is 1. The van der Waals surface area contributed by atoms with Crippen LogP contribution in [0.5, 0.6) is 0 Å². The van der Waals surface area contributed by atoms with Gasteiger partial charge in [-0.1, -0.05) is 0 Å². The number of aromatic nitrogens is 1. The molecular formula is C25H12F15N5O3. The van der Waals surface area contributed by atoms with E-state index in [1.165, 1.54) is 18.3 Å². The zero-order valence-electron chi connectivity index (χ0n) is 22.7. The van der Waals surface area contributed by atoms with Crippen molar-refractivity contribution < 1.29 is 80.2 Å². The molecule has 260 valence electrons. The first-order valence-electron chi connectivity index (χ1n) is 12.8. The molecule has 0 N–H and O–H groups in total. The summed E-state index contributed by atoms with van der Waals surface area (Å²) in [7, 11) is 0. The average molecular weight is 715 g/mol. The third-order valence-corrected chi connectivity index (χ3v) is 8.23. The van der Waals surface area contributed by atoms with Gasteiger partial charge >= 0.3 is 47.7 Å². The third kappa shape index (κ3) is 4.05. The molecule has 1 aromatic carbocycles. The quantitative estimate of drug-likeness (QED) is 0.275. The lowest BCUT2D eigenvalue weighted by Gasteiger charge is -2.42. The fourth-order valence-electron chi connectivity index (χ4n) is 5.84. The number of fused-ring (bicyclic) bond motifs is 6. The van der Waals surface area contributed by atoms with Crippen LogP contribution in [0.15, 0.2) is 30.5 Å². The first kappa shape index (κ1) is 34.8. The topological polar surface area (TPSA) is 97.6 Å². The number of halogens is 15. The largest absolute Gasteiger partial charge is 0.460 e. The lowest BCUT2D eigenvalue weighted by molar-refractivity contribution is -0.450. The van der Waals surface area contributed by atoms with Gasteiger partial charge in [-0.3, -0.25) is 14.6 Å². The van der Waals surface area contributed by atoms with E-state index in [2.05, 4.69) is 4.98 Å². The van der Waals surface area contributed by atoms with E-state index in [9.17, 15) is 85.5 Å². The molecule has 3 fully saturated rings. The van der Waals surface area contributed by atoms with Gasteiger partial charge in [0.1, 0.15) is 12.1 Å². The Hall–Kier alpha value is -4.52. The van der Waals surface area contributed by atoms with Crippen molar-refractivity contribution in [3.63, 3.8) is 0 Å². The molecule has 1 aromatic heterocycles. The molecule has 4 heterocycles. The molecule has 23 heteroatoms. The minimum atomic E-state index is -8.57. The molecular weight excluding hydrogens is 703 g/mol. The Bertz CT molecular complexity index is 1770. The Kier molecular flexibility index (Phi) is 7.25. The van der Waals surface area contributed by atoms with Crippen LogP contribution in [0.2, 0.25) is 0 Å². The van der Waals surface area contributed by atoms with Gasteiger partial charge in [-0.2, -0.15) is 71.1 Å². The third-order valence-electron chi connectivity index (χ3n) is 8.23. The molecule has 0 saturated carbocycles. The number of piperazine rings is 1. The van der Waals surface area contributed by atoms with E-state index in [0.29, 0.717) is 9.80 Å². The standard InChI is InChI=1S/C25H12F15N5O3/c26-19(27,20(28,29)21(30,31)22(32,33)23(34,35)24(36,37)25(38,39)40)17(47)43-8-10-6-13(43)15-16(46)45(18(48)44(10)15)12-4-3-9(7-41)14-11(12)2-1-5-42-14/h1-5,10,13,15H,6,8H2/t10-,13?,15?/m1/s1. The molecule has 8 nitrogen and oxygen atoms in total. The highest BCUT2D eigenvalue weighted by molar-refractivity contribution is 6.25. The van der Waals surface area contributed by atoms with E-state index < -0.39 is 95.5 Å². The smallest absolute Gasteiger partial charge is 0.330 e. The second-order valence-electron chi connectivity index (χ2n) is 10.8. The number of carbonyl (C=O) groups excluding carboxylic acids is 3. The van der Waals surface area contributed by atoms with Crippen LogP contribution in [-0.4, -0.2) is 99.0 Å². The van der Waals surface area contributed by atoms with Crippen molar-refractivity contribution in [2.75, 3.05) is 11.4 Å². The van der Waals surface area contributed by atoms with Gasteiger partial charge in [-0.05, 0) is 30.7 Å². The van der Waals surface area contributed by atoms with Gasteiger partial charge < -0.3 is 9.80 Å². The van der Waals surface area contributed by atoms with Gasteiger partial charge in [0.2, 0.25) is 0 Å². The van der Waals surface area contributed by atoms with Gasteiger partial charge in [0.25, 0.3) is 11.8 Å². The highest BCUT2D eigenvalue weighted by atomic mass is 19.4. The number of pyridine rings is 1. The first-order chi connectivity index (χ1) is 21.7. The highest BCUT2D eigenvalue weighted by Gasteiger charge is 2.94. The first-order valence-corrected chi connectivity index (χ1v) is 12.8. The van der Waals surface area contributed by atoms with Crippen molar-refractivity contribution in [1.82, 2.24) is 14.8 Å². The van der Waals surface area contributed by atoms with Crippen LogP contribution in [0.1, 0.15) is 12.0 Å². The molecule has 3 aliphatic rings. The summed E-state index contributed by atoms with van der Waals surface area (Å²) in [4.78, 5) is 44.0. The van der Waals surface area contributed by atoms with E-state index in [-0.39, 0.29) is 22.2 Å². The summed E-state index contributed by atoms with van der Waals surface area (Å²) in [5, 5.41) is 9.33. The van der Waals surface area contributed by atoms with Crippen LogP contribution in [0.3, 0.4) is 0 Å². The second kappa shape index (κ2) is 10.0. The van der Waals surface area contributed by atoms with Crippen LogP contribution >= 0.6 is 0 Å². The number of amides is 4. The molecule has 0 aliphatic carbocycles. The summed E-state index contributed by atoms with van der Waals surface area (Å²) in [5.41, 5.74) is -0.298. The van der Waals surface area contributed by atoms with Crippen LogP contribution in [0, 0.1) is 11.3 Å². The van der Waals surface area contributed by atoms with Crippen molar-refractivity contribution in [1.29, 1.82) is 5.26 Å². The fraction of sp³-hybridized carbons (Fsp3) is 0.480. The molecule has 0 radical (unpaired) electrons. The van der Waals surface area contributed by atoms with Crippen LogP contribution in [-0.2, 0) is 9.59 Å². The molecule has 0 spiro atoms. The Balaban J connectivity index is 1.47. The fourth-order valence-corrected chi connectivity index (χ4v) is 5.84. The van der Waals surface area contributed by atoms with Gasteiger partial charge in [0.15, 0.2) is 0 Å². The second-order valence-corrected chi connectivity index (χ2v) is 10.8. The number of nitrogens with zero attached hydrogens (tertiary/aromatic N) is 5. The van der Waals surface area contributed by atoms with E-state index >= 15 is 0 Å². The lowest BCUT2D eigenvalue weighted by atomic mass is 9.90. The zero-order chi connectivity index (χ0) is 36.4. The van der Waals surface area contributed by atoms with Crippen molar-refractivity contribution >= 4 is 34.4 Å². The van der Waals surface area contributed by atoms with Crippen molar-refractivity contribution in [3.05, 3.63) is 36.0 Å². The Morgan fingerprint density at radius 3 is 1.94 bits per heavy atom. The maximum atomic E-state index is 14.8. The average Bonchev–Trinajstić information content (AvgIpc) is 3.66. The van der Waals surface area contributed by atoms with Crippen molar-refractivity contribution in [2.24, 2.45) is 0 Å². The number of rotatable bonds is 7. The number of alkyl halides is 15. The maximum absolute atomic E-state index is 14.8. The summed E-state index contributed by atoms with van der Waals surface area (Å²) in [5.74, 6) is -53.8. The number of urea groups is 1. The number of anilines is 1. The molecule has 2 bridgehead atoms. The Morgan fingerprint density at radius 2 is 1.38 bits per heavy atom. The summed E-state index contributed by atoms with van der Waals surface area (Å²) < 4.78 is 205. The van der Waals surface area contributed by atoms with Gasteiger partial charge in [0.05, 0.1) is 28.9 Å². The van der Waals surface area contributed by atoms with Crippen LogP contribution in [0.25, 0.3) is 10.9 Å². The number of hydrogen-bond acceptors (Lipinski definition) is 5. The predicted octanol–water partition coefficient (Wildman–Crippen LogP) is 5.60. The number of carbonyl (C=O) groups is 3. The normalized spacial score (nSPS) is 22.5. The monoisotopic (exact) mass is 715 g/mol. The van der Waals surface area contributed by atoms with E-state index in [4.69, 9.17) is 0 Å². The van der Waals surface area contributed by atoms with Crippen molar-refractivity contribution in [3.8, 4) is 6.07 Å². The molecule has 3 saturated heterocycles. The summed E-state index contributed by atoms with van der Waals surface area (Å²) >= 11 is 0. The number of hydrogen-bond donors (Lipinski definition) is 0. The molecule has 2 aromatic rings. The Labute approximate surface area is 255 Å². The highest BCUT2D eigenvalue weighted by Crippen LogP contribution is 2.62. The van der Waals surface area contributed by atoms with E-state index in [0.717, 1.165) is 12.1 Å². The molecule has 48 heavy (non-hydrogen) atoms. The lowest BCUT2D eigenvalue weighted by Crippen LogP contribution is -2.74. The minimum absolute atomic E-state index is 0.0157. The van der Waals surface area contributed by atoms with Crippen LogP contribution in [0.4, 0.5) is 76.3 Å². The molecule has 5 rings (SSSR count). The number of likely N-dealkylation sites (tertiary alicyclic amines) is 1. The summed E-state index contributed by atoms with van der Waals surface area (Å²) in [6.07, 6.45) is -7.20. The SMILES string of the molecule is N#Cc1ccc(N2C(=O)C3C4C[C@H](CN4C(=O)C(F)(F)C(F)(F)C(F)(F)C(F)(F)C(F)(F)C(F)(F)C(F)(F)F)N3C2=O)c2cccnc12. The zero-order valence-corrected chi connectivity index (χ0v) is 22.7. The summed E-state index contributed by atoms with van der Waals surface area (Å²) in [6, 6.07) is -0.0638. The summed E-state index contributed by atoms with van der Waals surface area (Å²) in [6.45, 7) is -1.25. The van der Waals surface area contributed by atoms with E-state index in [1.807, 2.05) is 0 Å². The maximum Gasteiger partial charge on any atom is 0.460 e. The van der Waals surface area contributed by atoms with Crippen molar-refractivity contribution in [2.45, 2.75) is 66.3 Å². The van der Waals surface area contributed by atoms with Gasteiger partial charge in [-0.15, -0.1) is 0 Å². The van der Waals surface area contributed by atoms with E-state index in [1.54, 1.807) is 6.07 Å². The Morgan fingerprint density at radius 1 is 0.812 bits per heavy atom. The van der Waals surface area contributed by atoms with Gasteiger partial charge in [-0.25, -0.2) is 9.69 Å². The number of imide groups is 1. The predicted molar refractivity (Wildman–Crippen MR) is 125 cm³/mol. The molecule has 2 unspecified atom stereocenters.